The average Bonchev–Trinajstić information content (AvgIpc) is 3.24. The van der Waals surface area contributed by atoms with Crippen LogP contribution in [0.5, 0.6) is 0 Å². The highest BCUT2D eigenvalue weighted by atomic mass is 19.1. The minimum Gasteiger partial charge on any atom is -0.436 e. The fourth-order valence-corrected chi connectivity index (χ4v) is 3.07. The van der Waals surface area contributed by atoms with Gasteiger partial charge in [0.2, 0.25) is 5.89 Å². The zero-order valence-electron chi connectivity index (χ0n) is 16.1. The molecule has 0 radical (unpaired) electrons. The SMILES string of the molecule is CC(=O)c1cccc(NC(=O)c2ccccc2-c2ncc(-c3ccccc3F)o2)c1. The average molecular weight is 400 g/mol. The fourth-order valence-electron chi connectivity index (χ4n) is 3.07. The van der Waals surface area contributed by atoms with Gasteiger partial charge in [0.25, 0.3) is 5.91 Å². The molecule has 1 N–H and O–H groups in total. The number of Topliss-reactive ketones (excluding diaryl/α,β-unsaturated/α-hetero) is 1. The lowest BCUT2D eigenvalue weighted by Gasteiger charge is -2.09. The van der Waals surface area contributed by atoms with Crippen molar-refractivity contribution in [3.05, 3.63) is 95.9 Å². The Balaban J connectivity index is 1.65. The molecule has 0 spiro atoms. The minimum absolute atomic E-state index is 0.0908. The van der Waals surface area contributed by atoms with Crippen molar-refractivity contribution in [2.45, 2.75) is 6.92 Å². The molecule has 0 unspecified atom stereocenters. The number of oxazole rings is 1. The van der Waals surface area contributed by atoms with E-state index in [1.54, 1.807) is 66.7 Å². The molecule has 30 heavy (non-hydrogen) atoms. The van der Waals surface area contributed by atoms with E-state index in [1.165, 1.54) is 19.2 Å². The van der Waals surface area contributed by atoms with Crippen molar-refractivity contribution in [2.75, 3.05) is 5.32 Å². The summed E-state index contributed by atoms with van der Waals surface area (Å²) < 4.78 is 19.8. The number of carbonyl (C=O) groups excluding carboxylic acids is 2. The Kier molecular flexibility index (Phi) is 5.22. The molecule has 1 amide bonds. The van der Waals surface area contributed by atoms with Crippen molar-refractivity contribution >= 4 is 17.4 Å². The van der Waals surface area contributed by atoms with E-state index in [0.717, 1.165) is 0 Å². The maximum absolute atomic E-state index is 14.1. The molecule has 1 heterocycles. The largest absolute Gasteiger partial charge is 0.436 e. The van der Waals surface area contributed by atoms with Crippen LogP contribution in [0.25, 0.3) is 22.8 Å². The van der Waals surface area contributed by atoms with E-state index >= 15 is 0 Å². The van der Waals surface area contributed by atoms with Gasteiger partial charge in [-0.05, 0) is 43.3 Å². The number of rotatable bonds is 5. The molecule has 0 aliphatic rings. The Morgan fingerprint density at radius 1 is 0.933 bits per heavy atom. The van der Waals surface area contributed by atoms with Crippen LogP contribution in [0.3, 0.4) is 0 Å². The van der Waals surface area contributed by atoms with Crippen LogP contribution in [-0.2, 0) is 0 Å². The van der Waals surface area contributed by atoms with E-state index in [2.05, 4.69) is 10.3 Å². The lowest BCUT2D eigenvalue weighted by atomic mass is 10.1. The number of aromatic nitrogens is 1. The molecule has 6 heteroatoms. The number of halogens is 1. The van der Waals surface area contributed by atoms with Crippen LogP contribution in [0.1, 0.15) is 27.6 Å². The highest BCUT2D eigenvalue weighted by Crippen LogP contribution is 2.30. The van der Waals surface area contributed by atoms with Gasteiger partial charge in [-0.3, -0.25) is 9.59 Å². The Morgan fingerprint density at radius 2 is 1.67 bits per heavy atom. The quantitative estimate of drug-likeness (QED) is 0.443. The van der Waals surface area contributed by atoms with Crippen LogP contribution >= 0.6 is 0 Å². The van der Waals surface area contributed by atoms with Crippen LogP contribution < -0.4 is 5.32 Å². The van der Waals surface area contributed by atoms with Crippen LogP contribution in [0.2, 0.25) is 0 Å². The molecule has 3 aromatic carbocycles. The Hall–Kier alpha value is -4.06. The fraction of sp³-hybridized carbons (Fsp3) is 0.0417. The van der Waals surface area contributed by atoms with Gasteiger partial charge in [0.15, 0.2) is 11.5 Å². The molecule has 4 rings (SSSR count). The Labute approximate surface area is 172 Å². The van der Waals surface area contributed by atoms with Crippen LogP contribution in [0.4, 0.5) is 10.1 Å². The number of benzene rings is 3. The number of amides is 1. The summed E-state index contributed by atoms with van der Waals surface area (Å²) in [7, 11) is 0. The van der Waals surface area contributed by atoms with Gasteiger partial charge in [-0.2, -0.15) is 0 Å². The molecule has 4 aromatic rings. The number of nitrogens with zero attached hydrogens (tertiary/aromatic N) is 1. The van der Waals surface area contributed by atoms with Gasteiger partial charge >= 0.3 is 0 Å². The first-order valence-corrected chi connectivity index (χ1v) is 9.25. The first kappa shape index (κ1) is 19.3. The van der Waals surface area contributed by atoms with Crippen molar-refractivity contribution in [1.29, 1.82) is 0 Å². The smallest absolute Gasteiger partial charge is 0.256 e. The monoisotopic (exact) mass is 400 g/mol. The second-order valence-corrected chi connectivity index (χ2v) is 6.65. The molecule has 0 fully saturated rings. The number of carbonyl (C=O) groups is 2. The zero-order chi connectivity index (χ0) is 21.1. The summed E-state index contributed by atoms with van der Waals surface area (Å²) in [5.74, 6) is -0.413. The maximum Gasteiger partial charge on any atom is 0.256 e. The molecule has 148 valence electrons. The van der Waals surface area contributed by atoms with Crippen molar-refractivity contribution in [2.24, 2.45) is 0 Å². The molecule has 0 aliphatic carbocycles. The van der Waals surface area contributed by atoms with Crippen molar-refractivity contribution in [3.8, 4) is 22.8 Å². The highest BCUT2D eigenvalue weighted by Gasteiger charge is 2.18. The molecule has 0 atom stereocenters. The third kappa shape index (κ3) is 3.89. The zero-order valence-corrected chi connectivity index (χ0v) is 16.1. The summed E-state index contributed by atoms with van der Waals surface area (Å²) >= 11 is 0. The molecule has 0 bridgehead atoms. The first-order chi connectivity index (χ1) is 14.5. The standard InChI is InChI=1S/C24H17FN2O3/c1-15(28)16-7-6-8-17(13-16)27-23(29)18-9-2-3-10-19(18)24-26-14-22(30-24)20-11-4-5-12-21(20)25/h2-14H,1H3,(H,27,29). The van der Waals surface area contributed by atoms with Crippen molar-refractivity contribution in [3.63, 3.8) is 0 Å². The summed E-state index contributed by atoms with van der Waals surface area (Å²) in [5, 5.41) is 2.79. The lowest BCUT2D eigenvalue weighted by Crippen LogP contribution is -2.13. The number of nitrogens with one attached hydrogen (secondary N) is 1. The normalized spacial score (nSPS) is 10.6. The first-order valence-electron chi connectivity index (χ1n) is 9.25. The van der Waals surface area contributed by atoms with Crippen LogP contribution in [0.15, 0.2) is 83.4 Å². The highest BCUT2D eigenvalue weighted by molar-refractivity contribution is 6.08. The van der Waals surface area contributed by atoms with E-state index < -0.39 is 5.82 Å². The third-order valence-corrected chi connectivity index (χ3v) is 4.57. The maximum atomic E-state index is 14.1. The summed E-state index contributed by atoms with van der Waals surface area (Å²) in [5.41, 5.74) is 2.11. The van der Waals surface area contributed by atoms with Crippen LogP contribution in [-0.4, -0.2) is 16.7 Å². The van der Waals surface area contributed by atoms with E-state index in [4.69, 9.17) is 4.42 Å². The summed E-state index contributed by atoms with van der Waals surface area (Å²) in [6, 6.07) is 19.8. The molecule has 0 saturated carbocycles. The van der Waals surface area contributed by atoms with Gasteiger partial charge in [-0.15, -0.1) is 0 Å². The molecular formula is C24H17FN2O3. The predicted octanol–water partition coefficient (Wildman–Crippen LogP) is 5.60. The minimum atomic E-state index is -0.420. The predicted molar refractivity (Wildman–Crippen MR) is 112 cm³/mol. The molecule has 1 aromatic heterocycles. The van der Waals surface area contributed by atoms with Gasteiger partial charge < -0.3 is 9.73 Å². The summed E-state index contributed by atoms with van der Waals surface area (Å²) in [6.45, 7) is 1.46. The molecular weight excluding hydrogens is 383 g/mol. The van der Waals surface area contributed by atoms with Gasteiger partial charge in [-0.25, -0.2) is 9.37 Å². The summed E-state index contributed by atoms with van der Waals surface area (Å²) in [4.78, 5) is 28.7. The van der Waals surface area contributed by atoms with E-state index in [0.29, 0.717) is 27.9 Å². The number of anilines is 1. The van der Waals surface area contributed by atoms with E-state index in [1.807, 2.05) is 0 Å². The van der Waals surface area contributed by atoms with Gasteiger partial charge in [0, 0.05) is 16.8 Å². The lowest BCUT2D eigenvalue weighted by molar-refractivity contribution is 0.101. The van der Waals surface area contributed by atoms with Gasteiger partial charge in [0.1, 0.15) is 5.82 Å². The molecule has 0 aliphatic heterocycles. The topological polar surface area (TPSA) is 72.2 Å². The second kappa shape index (κ2) is 8.13. The van der Waals surface area contributed by atoms with E-state index in [9.17, 15) is 14.0 Å². The van der Waals surface area contributed by atoms with E-state index in [-0.39, 0.29) is 23.3 Å². The Morgan fingerprint density at radius 3 is 2.43 bits per heavy atom. The van der Waals surface area contributed by atoms with Crippen molar-refractivity contribution in [1.82, 2.24) is 4.98 Å². The second-order valence-electron chi connectivity index (χ2n) is 6.65. The van der Waals surface area contributed by atoms with Crippen LogP contribution in [0, 0.1) is 5.82 Å². The number of ketones is 1. The molecule has 5 nitrogen and oxygen atoms in total. The van der Waals surface area contributed by atoms with Gasteiger partial charge in [0.05, 0.1) is 17.3 Å². The Bertz CT molecular complexity index is 1250. The third-order valence-electron chi connectivity index (χ3n) is 4.57. The molecule has 0 saturated heterocycles. The summed E-state index contributed by atoms with van der Waals surface area (Å²) in [6.07, 6.45) is 1.43. The number of hydrogen-bond acceptors (Lipinski definition) is 4. The van der Waals surface area contributed by atoms with Gasteiger partial charge in [-0.1, -0.05) is 36.4 Å². The van der Waals surface area contributed by atoms with Crippen molar-refractivity contribution < 1.29 is 18.4 Å². The number of hydrogen-bond donors (Lipinski definition) is 1.